The van der Waals surface area contributed by atoms with E-state index in [0.717, 1.165) is 62.3 Å². The lowest BCUT2D eigenvalue weighted by molar-refractivity contribution is -0.124. The molecule has 1 saturated heterocycles. The van der Waals surface area contributed by atoms with Crippen LogP contribution in [0.4, 0.5) is 10.1 Å². The van der Waals surface area contributed by atoms with Gasteiger partial charge in [0.25, 0.3) is 0 Å². The highest BCUT2D eigenvalue weighted by Crippen LogP contribution is 2.44. The van der Waals surface area contributed by atoms with E-state index in [1.165, 1.54) is 17.7 Å². The van der Waals surface area contributed by atoms with Crippen LogP contribution in [0.15, 0.2) is 48.5 Å². The topological polar surface area (TPSA) is 38.3 Å². The second-order valence-electron chi connectivity index (χ2n) is 7.72. The number of carbonyl (C=O) groups excluding carboxylic acids is 1. The van der Waals surface area contributed by atoms with Crippen molar-refractivity contribution in [2.45, 2.75) is 48.5 Å². The van der Waals surface area contributed by atoms with E-state index in [2.05, 4.69) is 17.4 Å². The van der Waals surface area contributed by atoms with Crippen LogP contribution < -0.4 is 5.32 Å². The minimum absolute atomic E-state index is 0.0135. The maximum Gasteiger partial charge on any atom is 0.235 e. The number of nitrogens with one attached hydrogen (secondary N) is 1. The number of rotatable bonds is 6. The van der Waals surface area contributed by atoms with E-state index in [4.69, 9.17) is 4.74 Å². The van der Waals surface area contributed by atoms with Gasteiger partial charge in [-0.1, -0.05) is 30.7 Å². The first kappa shape index (κ1) is 19.5. The molecule has 0 bridgehead atoms. The van der Waals surface area contributed by atoms with E-state index in [-0.39, 0.29) is 11.7 Å². The molecule has 28 heavy (non-hydrogen) atoms. The van der Waals surface area contributed by atoms with E-state index in [0.29, 0.717) is 5.25 Å². The molecule has 1 amide bonds. The second-order valence-corrected chi connectivity index (χ2v) is 9.01. The standard InChI is InChI=1S/C23H26FNO2S/c24-19-7-5-18(6-8-19)23(11-2-12-23)22(26)25-20-4-1-3-17(15-20)16-28-21-9-13-27-14-10-21/h1,3-8,15,21H,2,9-14,16H2,(H,25,26). The summed E-state index contributed by atoms with van der Waals surface area (Å²) in [6, 6.07) is 14.5. The van der Waals surface area contributed by atoms with Gasteiger partial charge in [-0.2, -0.15) is 11.8 Å². The zero-order valence-corrected chi connectivity index (χ0v) is 16.8. The van der Waals surface area contributed by atoms with Crippen molar-refractivity contribution in [2.75, 3.05) is 18.5 Å². The Hall–Kier alpha value is -1.85. The quantitative estimate of drug-likeness (QED) is 0.716. The molecule has 3 nitrogen and oxygen atoms in total. The Morgan fingerprint density at radius 2 is 1.89 bits per heavy atom. The second kappa shape index (κ2) is 8.66. The number of ether oxygens (including phenoxy) is 1. The predicted octanol–water partition coefficient (Wildman–Crippen LogP) is 5.30. The van der Waals surface area contributed by atoms with Crippen LogP contribution in [0, 0.1) is 5.82 Å². The average Bonchev–Trinajstić information content (AvgIpc) is 2.68. The van der Waals surface area contributed by atoms with Crippen LogP contribution in [0.5, 0.6) is 0 Å². The monoisotopic (exact) mass is 399 g/mol. The Morgan fingerprint density at radius 3 is 2.57 bits per heavy atom. The highest BCUT2D eigenvalue weighted by molar-refractivity contribution is 7.99. The fourth-order valence-electron chi connectivity index (χ4n) is 3.99. The molecule has 4 rings (SSSR count). The van der Waals surface area contributed by atoms with Crippen LogP contribution in [0.2, 0.25) is 0 Å². The van der Waals surface area contributed by atoms with Gasteiger partial charge in [-0.25, -0.2) is 4.39 Å². The van der Waals surface area contributed by atoms with Gasteiger partial charge >= 0.3 is 0 Å². The van der Waals surface area contributed by atoms with Crippen LogP contribution in [-0.2, 0) is 20.7 Å². The lowest BCUT2D eigenvalue weighted by Crippen LogP contribution is -2.46. The number of hydrogen-bond acceptors (Lipinski definition) is 3. The summed E-state index contributed by atoms with van der Waals surface area (Å²) in [4.78, 5) is 13.1. The molecular formula is C23H26FNO2S. The molecule has 2 aromatic rings. The van der Waals surface area contributed by atoms with Crippen molar-refractivity contribution in [1.82, 2.24) is 0 Å². The van der Waals surface area contributed by atoms with Gasteiger partial charge in [0.15, 0.2) is 0 Å². The number of carbonyl (C=O) groups is 1. The molecule has 0 aromatic heterocycles. The first-order valence-electron chi connectivity index (χ1n) is 10.0. The van der Waals surface area contributed by atoms with E-state index < -0.39 is 5.41 Å². The molecule has 1 heterocycles. The van der Waals surface area contributed by atoms with E-state index in [1.807, 2.05) is 23.9 Å². The number of amides is 1. The Kier molecular flexibility index (Phi) is 6.02. The SMILES string of the molecule is O=C(Nc1cccc(CSC2CCOCC2)c1)C1(c2ccc(F)cc2)CCC1. The number of benzene rings is 2. The highest BCUT2D eigenvalue weighted by Gasteiger charge is 2.45. The van der Waals surface area contributed by atoms with Gasteiger partial charge in [-0.3, -0.25) is 4.79 Å². The van der Waals surface area contributed by atoms with E-state index >= 15 is 0 Å². The van der Waals surface area contributed by atoms with Gasteiger partial charge in [0.1, 0.15) is 5.82 Å². The van der Waals surface area contributed by atoms with Gasteiger partial charge in [-0.15, -0.1) is 0 Å². The number of halogens is 1. The molecular weight excluding hydrogens is 373 g/mol. The third-order valence-electron chi connectivity index (χ3n) is 5.88. The molecule has 148 valence electrons. The lowest BCUT2D eigenvalue weighted by Gasteiger charge is -2.40. The maximum absolute atomic E-state index is 13.3. The van der Waals surface area contributed by atoms with Crippen molar-refractivity contribution in [3.8, 4) is 0 Å². The summed E-state index contributed by atoms with van der Waals surface area (Å²) < 4.78 is 18.7. The largest absolute Gasteiger partial charge is 0.381 e. The van der Waals surface area contributed by atoms with Crippen LogP contribution in [0.25, 0.3) is 0 Å². The minimum Gasteiger partial charge on any atom is -0.381 e. The number of thioether (sulfide) groups is 1. The van der Waals surface area contributed by atoms with Crippen molar-refractivity contribution in [3.63, 3.8) is 0 Å². The summed E-state index contributed by atoms with van der Waals surface area (Å²) in [5, 5.41) is 3.77. The molecule has 1 aliphatic carbocycles. The van der Waals surface area contributed by atoms with E-state index in [9.17, 15) is 9.18 Å². The van der Waals surface area contributed by atoms with Crippen molar-refractivity contribution in [1.29, 1.82) is 0 Å². The first-order chi connectivity index (χ1) is 13.7. The number of anilines is 1. The Balaban J connectivity index is 1.41. The van der Waals surface area contributed by atoms with Crippen LogP contribution in [0.1, 0.15) is 43.2 Å². The molecule has 2 aromatic carbocycles. The normalized spacial score (nSPS) is 19.0. The van der Waals surface area contributed by atoms with Gasteiger partial charge < -0.3 is 10.1 Å². The van der Waals surface area contributed by atoms with E-state index in [1.54, 1.807) is 12.1 Å². The fourth-order valence-corrected chi connectivity index (χ4v) is 5.13. The zero-order chi connectivity index (χ0) is 19.4. The molecule has 1 N–H and O–H groups in total. The van der Waals surface area contributed by atoms with Gasteiger partial charge in [0.05, 0.1) is 5.41 Å². The first-order valence-corrected chi connectivity index (χ1v) is 11.1. The smallest absolute Gasteiger partial charge is 0.235 e. The summed E-state index contributed by atoms with van der Waals surface area (Å²) in [5.74, 6) is 0.685. The van der Waals surface area contributed by atoms with Crippen molar-refractivity contribution in [3.05, 3.63) is 65.5 Å². The highest BCUT2D eigenvalue weighted by atomic mass is 32.2. The van der Waals surface area contributed by atoms with Crippen LogP contribution in [-0.4, -0.2) is 24.4 Å². The molecule has 1 aliphatic heterocycles. The Labute approximate surface area is 170 Å². The van der Waals surface area contributed by atoms with Gasteiger partial charge in [0, 0.05) is 29.9 Å². The van der Waals surface area contributed by atoms with Crippen molar-refractivity contribution >= 4 is 23.4 Å². The van der Waals surface area contributed by atoms with Crippen molar-refractivity contribution in [2.24, 2.45) is 0 Å². The molecule has 0 spiro atoms. The molecule has 2 fully saturated rings. The summed E-state index contributed by atoms with van der Waals surface area (Å²) in [6.45, 7) is 1.72. The maximum atomic E-state index is 13.3. The number of hydrogen-bond donors (Lipinski definition) is 1. The Bertz CT molecular complexity index is 814. The third-order valence-corrected chi connectivity index (χ3v) is 7.32. The summed E-state index contributed by atoms with van der Waals surface area (Å²) >= 11 is 1.97. The van der Waals surface area contributed by atoms with Crippen LogP contribution in [0.3, 0.4) is 0 Å². The summed E-state index contributed by atoms with van der Waals surface area (Å²) in [7, 11) is 0. The average molecular weight is 400 g/mol. The van der Waals surface area contributed by atoms with Crippen molar-refractivity contribution < 1.29 is 13.9 Å². The van der Waals surface area contributed by atoms with Crippen LogP contribution >= 0.6 is 11.8 Å². The Morgan fingerprint density at radius 1 is 1.14 bits per heavy atom. The third kappa shape index (κ3) is 4.26. The molecule has 5 heteroatoms. The molecule has 0 radical (unpaired) electrons. The zero-order valence-electron chi connectivity index (χ0n) is 16.0. The molecule has 0 unspecified atom stereocenters. The molecule has 0 atom stereocenters. The van der Waals surface area contributed by atoms with Gasteiger partial charge in [-0.05, 0) is 61.1 Å². The fraction of sp³-hybridized carbons (Fsp3) is 0.435. The van der Waals surface area contributed by atoms with Gasteiger partial charge in [0.2, 0.25) is 5.91 Å². The minimum atomic E-state index is -0.527. The molecule has 1 saturated carbocycles. The lowest BCUT2D eigenvalue weighted by atomic mass is 9.64. The summed E-state index contributed by atoms with van der Waals surface area (Å²) in [6.07, 6.45) is 4.86. The predicted molar refractivity (Wildman–Crippen MR) is 112 cm³/mol. The molecule has 2 aliphatic rings. The summed E-state index contributed by atoms with van der Waals surface area (Å²) in [5.41, 5.74) is 2.44.